The maximum atomic E-state index is 3.72. The van der Waals surface area contributed by atoms with Crippen LogP contribution in [0.15, 0.2) is 60.7 Å². The van der Waals surface area contributed by atoms with Crippen LogP contribution >= 0.6 is 0 Å². The van der Waals surface area contributed by atoms with Crippen LogP contribution in [0, 0.1) is 13.0 Å². The molecular formula is C13H12Mg. The predicted molar refractivity (Wildman–Crippen MR) is 61.9 cm³/mol. The Balaban J connectivity index is 0.000000227. The number of hydrogen-bond acceptors (Lipinski definition) is 0. The van der Waals surface area contributed by atoms with Crippen LogP contribution in [0.25, 0.3) is 0 Å². The molecule has 0 saturated heterocycles. The van der Waals surface area contributed by atoms with Crippen molar-refractivity contribution in [3.63, 3.8) is 0 Å². The monoisotopic (exact) mass is 192 g/mol. The molecule has 0 aromatic heterocycles. The van der Waals surface area contributed by atoms with Crippen LogP contribution in [0.2, 0.25) is 0 Å². The first-order chi connectivity index (χ1) is 6.39. The third-order valence-electron chi connectivity index (χ3n) is 1.45. The van der Waals surface area contributed by atoms with Gasteiger partial charge >= 0.3 is 23.1 Å². The van der Waals surface area contributed by atoms with Gasteiger partial charge in [0.1, 0.15) is 0 Å². The van der Waals surface area contributed by atoms with Crippen molar-refractivity contribution in [1.82, 2.24) is 0 Å². The van der Waals surface area contributed by atoms with Gasteiger partial charge in [0, 0.05) is 0 Å². The molecule has 0 bridgehead atoms. The second-order valence-electron chi connectivity index (χ2n) is 2.56. The Labute approximate surface area is 102 Å². The van der Waals surface area contributed by atoms with E-state index >= 15 is 0 Å². The third kappa shape index (κ3) is 6.58. The van der Waals surface area contributed by atoms with Gasteiger partial charge in [0.15, 0.2) is 0 Å². The smallest absolute Gasteiger partial charge is 0.199 e. The Hall–Kier alpha value is -0.924. The zero-order valence-electron chi connectivity index (χ0n) is 8.19. The van der Waals surface area contributed by atoms with E-state index in [1.54, 1.807) is 0 Å². The molecule has 0 nitrogen and oxygen atoms in total. The van der Waals surface area contributed by atoms with Gasteiger partial charge in [0.2, 0.25) is 0 Å². The molecule has 0 saturated carbocycles. The molecule has 0 unspecified atom stereocenters. The topological polar surface area (TPSA) is 0 Å². The van der Waals surface area contributed by atoms with Crippen LogP contribution in [0.3, 0.4) is 0 Å². The molecule has 0 aliphatic heterocycles. The van der Waals surface area contributed by atoms with Crippen LogP contribution in [-0.2, 0) is 0 Å². The molecule has 0 radical (unpaired) electrons. The second kappa shape index (κ2) is 8.66. The Morgan fingerprint density at radius 2 is 1.29 bits per heavy atom. The van der Waals surface area contributed by atoms with Crippen LogP contribution in [0.5, 0.6) is 0 Å². The molecule has 2 aromatic rings. The SMILES string of the molecule is [CH2-]c1ccccc1.[Mg+2].[c-]1ccccc1. The molecule has 0 atom stereocenters. The first-order valence-corrected chi connectivity index (χ1v) is 4.17. The van der Waals surface area contributed by atoms with Crippen LogP contribution < -0.4 is 0 Å². The molecule has 66 valence electrons. The molecule has 0 amide bonds. The molecular weight excluding hydrogens is 180 g/mol. The summed E-state index contributed by atoms with van der Waals surface area (Å²) in [4.78, 5) is 0. The minimum absolute atomic E-state index is 0. The average Bonchev–Trinajstić information content (AvgIpc) is 2.22. The summed E-state index contributed by atoms with van der Waals surface area (Å²) in [5.41, 5.74) is 1.07. The molecule has 0 N–H and O–H groups in total. The number of rotatable bonds is 0. The summed E-state index contributed by atoms with van der Waals surface area (Å²) in [5, 5.41) is 0. The zero-order chi connectivity index (χ0) is 9.36. The minimum atomic E-state index is 0. The fraction of sp³-hybridized carbons (Fsp3) is 0. The van der Waals surface area contributed by atoms with E-state index in [0.29, 0.717) is 0 Å². The molecule has 0 aliphatic carbocycles. The van der Waals surface area contributed by atoms with E-state index in [-0.39, 0.29) is 23.1 Å². The molecule has 1 heteroatoms. The van der Waals surface area contributed by atoms with Crippen LogP contribution in [0.4, 0.5) is 0 Å². The maximum absolute atomic E-state index is 3.72. The molecule has 2 aromatic carbocycles. The van der Waals surface area contributed by atoms with Gasteiger partial charge in [0.05, 0.1) is 0 Å². The average molecular weight is 193 g/mol. The van der Waals surface area contributed by atoms with Gasteiger partial charge in [-0.15, -0.1) is 12.1 Å². The summed E-state index contributed by atoms with van der Waals surface area (Å²) >= 11 is 0. The molecule has 0 fully saturated rings. The Morgan fingerprint density at radius 3 is 1.50 bits per heavy atom. The van der Waals surface area contributed by atoms with E-state index in [2.05, 4.69) is 13.0 Å². The fourth-order valence-corrected chi connectivity index (χ4v) is 0.820. The fourth-order valence-electron chi connectivity index (χ4n) is 0.820. The molecule has 0 spiro atoms. The van der Waals surface area contributed by atoms with E-state index in [1.807, 2.05) is 60.7 Å². The maximum Gasteiger partial charge on any atom is 2.00 e. The summed E-state index contributed by atoms with van der Waals surface area (Å²) in [6.45, 7) is 3.72. The van der Waals surface area contributed by atoms with Crippen molar-refractivity contribution in [3.8, 4) is 0 Å². The van der Waals surface area contributed by atoms with Gasteiger partial charge < -0.3 is 0 Å². The van der Waals surface area contributed by atoms with E-state index in [0.717, 1.165) is 5.56 Å². The van der Waals surface area contributed by atoms with Gasteiger partial charge in [0.25, 0.3) is 0 Å². The van der Waals surface area contributed by atoms with E-state index in [9.17, 15) is 0 Å². The van der Waals surface area contributed by atoms with E-state index in [1.165, 1.54) is 0 Å². The van der Waals surface area contributed by atoms with Crippen LogP contribution in [0.1, 0.15) is 5.56 Å². The first-order valence-electron chi connectivity index (χ1n) is 4.17. The van der Waals surface area contributed by atoms with Crippen molar-refractivity contribution in [3.05, 3.63) is 79.2 Å². The zero-order valence-corrected chi connectivity index (χ0v) is 9.60. The molecule has 2 rings (SSSR count). The molecule has 0 heterocycles. The molecule has 0 aliphatic rings. The van der Waals surface area contributed by atoms with Crippen molar-refractivity contribution in [2.75, 3.05) is 0 Å². The Bertz CT molecular complexity index is 276. The summed E-state index contributed by atoms with van der Waals surface area (Å²) in [5.74, 6) is 0. The van der Waals surface area contributed by atoms with E-state index < -0.39 is 0 Å². The van der Waals surface area contributed by atoms with Crippen LogP contribution in [-0.4, -0.2) is 23.1 Å². The van der Waals surface area contributed by atoms with Crippen molar-refractivity contribution < 1.29 is 0 Å². The number of benzene rings is 2. The summed E-state index contributed by atoms with van der Waals surface area (Å²) in [6.07, 6.45) is 0. The standard InChI is InChI=1S/C7H7.C6H5.Mg/c1-7-5-3-2-4-6-7;1-2-4-6-5-3-1;/h2-6H,1H2;1-5H;/q2*-1;+2. The summed E-state index contributed by atoms with van der Waals surface area (Å²) in [6, 6.07) is 22.4. The van der Waals surface area contributed by atoms with Crippen molar-refractivity contribution in [1.29, 1.82) is 0 Å². The van der Waals surface area contributed by atoms with Crippen molar-refractivity contribution in [2.24, 2.45) is 0 Å². The van der Waals surface area contributed by atoms with Crippen molar-refractivity contribution >= 4 is 23.1 Å². The predicted octanol–water partition coefficient (Wildman–Crippen LogP) is 2.97. The van der Waals surface area contributed by atoms with Gasteiger partial charge in [-0.05, 0) is 0 Å². The Kier molecular flexibility index (Phi) is 8.09. The molecule has 14 heavy (non-hydrogen) atoms. The van der Waals surface area contributed by atoms with Crippen molar-refractivity contribution in [2.45, 2.75) is 0 Å². The second-order valence-corrected chi connectivity index (χ2v) is 2.56. The van der Waals surface area contributed by atoms with E-state index in [4.69, 9.17) is 0 Å². The Morgan fingerprint density at radius 1 is 0.786 bits per heavy atom. The van der Waals surface area contributed by atoms with Gasteiger partial charge in [-0.1, -0.05) is 6.07 Å². The van der Waals surface area contributed by atoms with Gasteiger partial charge in [-0.25, -0.2) is 0 Å². The first kappa shape index (κ1) is 13.1. The normalized spacial score (nSPS) is 7.71. The largest absolute Gasteiger partial charge is 2.00 e. The number of hydrogen-bond donors (Lipinski definition) is 0. The quantitative estimate of drug-likeness (QED) is 0.445. The summed E-state index contributed by atoms with van der Waals surface area (Å²) in [7, 11) is 0. The van der Waals surface area contributed by atoms with Gasteiger partial charge in [-0.3, -0.25) is 0 Å². The third-order valence-corrected chi connectivity index (χ3v) is 1.45. The minimum Gasteiger partial charge on any atom is -0.199 e. The summed E-state index contributed by atoms with van der Waals surface area (Å²) < 4.78 is 0. The van der Waals surface area contributed by atoms with Gasteiger partial charge in [-0.2, -0.15) is 61.0 Å².